The maximum absolute atomic E-state index is 13.0. The summed E-state index contributed by atoms with van der Waals surface area (Å²) >= 11 is 1.45. The maximum atomic E-state index is 13.0. The molecule has 0 aromatic carbocycles. The van der Waals surface area contributed by atoms with Gasteiger partial charge in [-0.15, -0.1) is 11.3 Å². The van der Waals surface area contributed by atoms with Crippen LogP contribution in [0.4, 0.5) is 0 Å². The van der Waals surface area contributed by atoms with E-state index in [1.807, 2.05) is 28.0 Å². The normalized spacial score (nSPS) is 18.2. The largest absolute Gasteiger partial charge is 0.495 e. The number of thiophene rings is 1. The van der Waals surface area contributed by atoms with Crippen LogP contribution in [0.15, 0.2) is 17.5 Å². The number of carbonyl (C=O) groups is 1. The summed E-state index contributed by atoms with van der Waals surface area (Å²) in [7, 11) is 1.61. The predicted octanol–water partition coefficient (Wildman–Crippen LogP) is 3.26. The van der Waals surface area contributed by atoms with Gasteiger partial charge < -0.3 is 9.64 Å². The summed E-state index contributed by atoms with van der Waals surface area (Å²) in [6.45, 7) is 5.64. The van der Waals surface area contributed by atoms with Crippen LogP contribution in [0.3, 0.4) is 0 Å². The van der Waals surface area contributed by atoms with Crippen LogP contribution in [0.2, 0.25) is 0 Å². The highest BCUT2D eigenvalue weighted by Crippen LogP contribution is 2.29. The summed E-state index contributed by atoms with van der Waals surface area (Å²) in [5.41, 5.74) is 2.17. The molecule has 124 valence electrons. The summed E-state index contributed by atoms with van der Waals surface area (Å²) < 4.78 is 7.34. The lowest BCUT2D eigenvalue weighted by Crippen LogP contribution is -2.46. The molecule has 2 aromatic heterocycles. The molecule has 5 nitrogen and oxygen atoms in total. The van der Waals surface area contributed by atoms with Gasteiger partial charge in [0.05, 0.1) is 25.4 Å². The molecule has 0 N–H and O–H groups in total. The SMILES string of the molecule is COc1ccsc1C(=O)N1CCCCC1Cn1nc(C)cc1C. The zero-order valence-corrected chi connectivity index (χ0v) is 14.7. The smallest absolute Gasteiger partial charge is 0.268 e. The first-order valence-electron chi connectivity index (χ1n) is 8.03. The van der Waals surface area contributed by atoms with Crippen LogP contribution in [-0.4, -0.2) is 40.3 Å². The number of aromatic nitrogens is 2. The second-order valence-corrected chi connectivity index (χ2v) is 6.99. The molecule has 2 aromatic rings. The molecule has 0 bridgehead atoms. The first-order chi connectivity index (χ1) is 11.1. The van der Waals surface area contributed by atoms with Crippen molar-refractivity contribution in [2.75, 3.05) is 13.7 Å². The number of ether oxygens (including phenoxy) is 1. The van der Waals surface area contributed by atoms with Crippen molar-refractivity contribution in [3.63, 3.8) is 0 Å². The van der Waals surface area contributed by atoms with Gasteiger partial charge in [-0.25, -0.2) is 0 Å². The molecular formula is C17H23N3O2S. The van der Waals surface area contributed by atoms with Crippen LogP contribution in [-0.2, 0) is 6.54 Å². The second-order valence-electron chi connectivity index (χ2n) is 6.08. The molecule has 0 spiro atoms. The van der Waals surface area contributed by atoms with E-state index in [1.165, 1.54) is 11.3 Å². The van der Waals surface area contributed by atoms with Gasteiger partial charge >= 0.3 is 0 Å². The molecule has 0 saturated carbocycles. The number of carbonyl (C=O) groups excluding carboxylic acids is 1. The monoisotopic (exact) mass is 333 g/mol. The molecule has 0 aliphatic carbocycles. The van der Waals surface area contributed by atoms with Crippen LogP contribution in [0.25, 0.3) is 0 Å². The summed E-state index contributed by atoms with van der Waals surface area (Å²) in [5, 5.41) is 6.46. The van der Waals surface area contributed by atoms with Crippen molar-refractivity contribution in [2.24, 2.45) is 0 Å². The third-order valence-corrected chi connectivity index (χ3v) is 5.30. The molecule has 1 aliphatic rings. The third kappa shape index (κ3) is 3.27. The predicted molar refractivity (Wildman–Crippen MR) is 91.2 cm³/mol. The summed E-state index contributed by atoms with van der Waals surface area (Å²) in [4.78, 5) is 15.7. The molecule has 1 saturated heterocycles. The van der Waals surface area contributed by atoms with E-state index < -0.39 is 0 Å². The second kappa shape index (κ2) is 6.74. The molecule has 1 amide bonds. The topological polar surface area (TPSA) is 47.4 Å². The van der Waals surface area contributed by atoms with Gasteiger partial charge in [-0.2, -0.15) is 5.10 Å². The summed E-state index contributed by atoms with van der Waals surface area (Å²) in [5.74, 6) is 0.763. The lowest BCUT2D eigenvalue weighted by Gasteiger charge is -2.35. The summed E-state index contributed by atoms with van der Waals surface area (Å²) in [6.07, 6.45) is 3.25. The average Bonchev–Trinajstić information content (AvgIpc) is 3.13. The fourth-order valence-electron chi connectivity index (χ4n) is 3.26. The Labute approximate surface area is 140 Å². The van der Waals surface area contributed by atoms with Crippen LogP contribution in [0, 0.1) is 13.8 Å². The molecule has 3 rings (SSSR count). The Hall–Kier alpha value is -1.82. The van der Waals surface area contributed by atoms with E-state index in [9.17, 15) is 4.79 Å². The Morgan fingerprint density at radius 1 is 1.43 bits per heavy atom. The van der Waals surface area contributed by atoms with Gasteiger partial charge in [0, 0.05) is 12.2 Å². The number of nitrogens with zero attached hydrogens (tertiary/aromatic N) is 3. The van der Waals surface area contributed by atoms with Crippen molar-refractivity contribution in [3.05, 3.63) is 33.8 Å². The zero-order valence-electron chi connectivity index (χ0n) is 13.9. The Kier molecular flexibility index (Phi) is 4.71. The van der Waals surface area contributed by atoms with Crippen LogP contribution < -0.4 is 4.74 Å². The van der Waals surface area contributed by atoms with Gasteiger partial charge in [0.15, 0.2) is 0 Å². The fourth-order valence-corrected chi connectivity index (χ4v) is 4.08. The standard InChI is InChI=1S/C17H23N3O2S/c1-12-10-13(2)20(18-12)11-14-6-4-5-8-19(14)17(21)16-15(22-3)7-9-23-16/h7,9-10,14H,4-6,8,11H2,1-3H3. The summed E-state index contributed by atoms with van der Waals surface area (Å²) in [6, 6.07) is 4.14. The van der Waals surface area contributed by atoms with E-state index in [2.05, 4.69) is 18.1 Å². The Morgan fingerprint density at radius 3 is 2.96 bits per heavy atom. The Balaban J connectivity index is 1.81. The number of hydrogen-bond donors (Lipinski definition) is 0. The van der Waals surface area contributed by atoms with Crippen molar-refractivity contribution in [3.8, 4) is 5.75 Å². The molecule has 1 fully saturated rings. The van der Waals surface area contributed by atoms with Gasteiger partial charge in [-0.05, 0) is 50.6 Å². The molecular weight excluding hydrogens is 310 g/mol. The molecule has 1 atom stereocenters. The molecule has 1 aliphatic heterocycles. The highest BCUT2D eigenvalue weighted by Gasteiger charge is 2.30. The van der Waals surface area contributed by atoms with E-state index in [-0.39, 0.29) is 11.9 Å². The molecule has 23 heavy (non-hydrogen) atoms. The van der Waals surface area contributed by atoms with Crippen molar-refractivity contribution >= 4 is 17.2 Å². The van der Waals surface area contributed by atoms with Gasteiger partial charge in [-0.3, -0.25) is 9.48 Å². The fraction of sp³-hybridized carbons (Fsp3) is 0.529. The van der Waals surface area contributed by atoms with Crippen molar-refractivity contribution in [2.45, 2.75) is 45.7 Å². The highest BCUT2D eigenvalue weighted by molar-refractivity contribution is 7.12. The minimum atomic E-state index is 0.0862. The first kappa shape index (κ1) is 16.1. The van der Waals surface area contributed by atoms with Gasteiger partial charge in [0.1, 0.15) is 10.6 Å². The maximum Gasteiger partial charge on any atom is 0.268 e. The molecule has 0 radical (unpaired) electrons. The van der Waals surface area contributed by atoms with Crippen molar-refractivity contribution < 1.29 is 9.53 Å². The third-order valence-electron chi connectivity index (χ3n) is 4.42. The Bertz CT molecular complexity index is 692. The van der Waals surface area contributed by atoms with Crippen LogP contribution in [0.5, 0.6) is 5.75 Å². The number of hydrogen-bond acceptors (Lipinski definition) is 4. The first-order valence-corrected chi connectivity index (χ1v) is 8.91. The van der Waals surface area contributed by atoms with Crippen LogP contribution >= 0.6 is 11.3 Å². The quantitative estimate of drug-likeness (QED) is 0.863. The minimum absolute atomic E-state index is 0.0862. The number of rotatable bonds is 4. The number of aryl methyl sites for hydroxylation is 2. The molecule has 1 unspecified atom stereocenters. The van der Waals surface area contributed by atoms with E-state index in [4.69, 9.17) is 4.74 Å². The zero-order chi connectivity index (χ0) is 16.4. The van der Waals surface area contributed by atoms with E-state index >= 15 is 0 Å². The number of likely N-dealkylation sites (tertiary alicyclic amines) is 1. The van der Waals surface area contributed by atoms with Crippen molar-refractivity contribution in [1.82, 2.24) is 14.7 Å². The van der Waals surface area contributed by atoms with Crippen LogP contribution in [0.1, 0.15) is 40.3 Å². The number of piperidine rings is 1. The number of amides is 1. The highest BCUT2D eigenvalue weighted by atomic mass is 32.1. The van der Waals surface area contributed by atoms with E-state index in [0.717, 1.165) is 43.7 Å². The lowest BCUT2D eigenvalue weighted by atomic mass is 10.0. The van der Waals surface area contributed by atoms with E-state index in [0.29, 0.717) is 10.6 Å². The van der Waals surface area contributed by atoms with Crippen molar-refractivity contribution in [1.29, 1.82) is 0 Å². The van der Waals surface area contributed by atoms with E-state index in [1.54, 1.807) is 7.11 Å². The van der Waals surface area contributed by atoms with Gasteiger partial charge in [0.25, 0.3) is 5.91 Å². The molecule has 3 heterocycles. The van der Waals surface area contributed by atoms with Gasteiger partial charge in [-0.1, -0.05) is 0 Å². The number of methoxy groups -OCH3 is 1. The molecule has 6 heteroatoms. The lowest BCUT2D eigenvalue weighted by molar-refractivity contribution is 0.0585. The minimum Gasteiger partial charge on any atom is -0.495 e. The van der Waals surface area contributed by atoms with Gasteiger partial charge in [0.2, 0.25) is 0 Å². The Morgan fingerprint density at radius 2 is 2.26 bits per heavy atom. The average molecular weight is 333 g/mol.